The number of nitrogens with zero attached hydrogens (tertiary/aromatic N) is 2. The number of hydrogen-bond acceptors (Lipinski definition) is 4. The normalized spacial score (nSPS) is 10.2. The van der Waals surface area contributed by atoms with Crippen LogP contribution in [0, 0.1) is 0 Å². The highest BCUT2D eigenvalue weighted by Crippen LogP contribution is 2.17. The number of aromatic nitrogens is 2. The van der Waals surface area contributed by atoms with Gasteiger partial charge in [0.2, 0.25) is 5.88 Å². The van der Waals surface area contributed by atoms with Gasteiger partial charge in [-0.05, 0) is 24.3 Å². The Bertz CT molecular complexity index is 857. The Morgan fingerprint density at radius 1 is 1.00 bits per heavy atom. The molecule has 0 fully saturated rings. The van der Waals surface area contributed by atoms with Crippen molar-refractivity contribution in [2.75, 3.05) is 18.5 Å². The van der Waals surface area contributed by atoms with Gasteiger partial charge in [-0.15, -0.1) is 10.2 Å². The summed E-state index contributed by atoms with van der Waals surface area (Å²) in [5.41, 5.74) is 2.39. The summed E-state index contributed by atoms with van der Waals surface area (Å²) in [7, 11) is 0. The maximum atomic E-state index is 11.8. The second kappa shape index (κ2) is 8.82. The molecule has 2 aromatic carbocycles. The maximum Gasteiger partial charge on any atom is 0.319 e. The van der Waals surface area contributed by atoms with E-state index in [9.17, 15) is 4.79 Å². The molecule has 2 N–H and O–H groups in total. The Morgan fingerprint density at radius 3 is 2.58 bits per heavy atom. The van der Waals surface area contributed by atoms with Gasteiger partial charge in [0, 0.05) is 22.3 Å². The fourth-order valence-electron chi connectivity index (χ4n) is 2.22. The summed E-state index contributed by atoms with van der Waals surface area (Å²) < 4.78 is 5.48. The fraction of sp³-hybridized carbons (Fsp3) is 0.105. The number of nitrogens with one attached hydrogen (secondary N) is 2. The predicted octanol–water partition coefficient (Wildman–Crippen LogP) is 4.00. The molecule has 1 heterocycles. The molecule has 0 aliphatic heterocycles. The Hall–Kier alpha value is -3.12. The monoisotopic (exact) mass is 368 g/mol. The van der Waals surface area contributed by atoms with E-state index in [1.54, 1.807) is 30.3 Å². The van der Waals surface area contributed by atoms with Crippen LogP contribution in [-0.2, 0) is 0 Å². The first-order chi connectivity index (χ1) is 12.7. The van der Waals surface area contributed by atoms with E-state index in [4.69, 9.17) is 16.3 Å². The SMILES string of the molecule is O=C(NCCOc1ccc(-c2ccccc2)nn1)Nc1cccc(Cl)c1. The third kappa shape index (κ3) is 5.19. The van der Waals surface area contributed by atoms with E-state index in [0.717, 1.165) is 11.3 Å². The number of amides is 2. The van der Waals surface area contributed by atoms with Gasteiger partial charge >= 0.3 is 6.03 Å². The van der Waals surface area contributed by atoms with Gasteiger partial charge in [0.1, 0.15) is 6.61 Å². The van der Waals surface area contributed by atoms with Crippen LogP contribution in [0.2, 0.25) is 5.02 Å². The number of urea groups is 1. The fourth-order valence-corrected chi connectivity index (χ4v) is 2.41. The smallest absolute Gasteiger partial charge is 0.319 e. The minimum Gasteiger partial charge on any atom is -0.475 e. The van der Waals surface area contributed by atoms with Gasteiger partial charge in [-0.1, -0.05) is 48.0 Å². The van der Waals surface area contributed by atoms with Crippen molar-refractivity contribution in [3.63, 3.8) is 0 Å². The summed E-state index contributed by atoms with van der Waals surface area (Å²) in [4.78, 5) is 11.8. The lowest BCUT2D eigenvalue weighted by Crippen LogP contribution is -2.32. The zero-order chi connectivity index (χ0) is 18.2. The Labute approximate surface area is 156 Å². The van der Waals surface area contributed by atoms with Crippen LogP contribution in [0.5, 0.6) is 5.88 Å². The van der Waals surface area contributed by atoms with Gasteiger partial charge in [0.25, 0.3) is 0 Å². The summed E-state index contributed by atoms with van der Waals surface area (Å²) in [6.07, 6.45) is 0. The highest BCUT2D eigenvalue weighted by atomic mass is 35.5. The molecule has 0 aliphatic carbocycles. The summed E-state index contributed by atoms with van der Waals surface area (Å²) >= 11 is 5.87. The van der Waals surface area contributed by atoms with Crippen molar-refractivity contribution in [2.24, 2.45) is 0 Å². The maximum absolute atomic E-state index is 11.8. The van der Waals surface area contributed by atoms with Crippen LogP contribution in [-0.4, -0.2) is 29.4 Å². The van der Waals surface area contributed by atoms with Crippen LogP contribution in [0.25, 0.3) is 11.3 Å². The number of halogens is 1. The van der Waals surface area contributed by atoms with E-state index in [-0.39, 0.29) is 12.6 Å². The number of ether oxygens (including phenoxy) is 1. The van der Waals surface area contributed by atoms with Crippen molar-refractivity contribution in [1.82, 2.24) is 15.5 Å². The quantitative estimate of drug-likeness (QED) is 0.645. The molecule has 2 amide bonds. The second-order valence-electron chi connectivity index (χ2n) is 5.36. The van der Waals surface area contributed by atoms with Crippen molar-refractivity contribution >= 4 is 23.3 Å². The number of benzene rings is 2. The molecule has 0 spiro atoms. The first kappa shape index (κ1) is 17.7. The molecule has 7 heteroatoms. The van der Waals surface area contributed by atoms with Gasteiger partial charge < -0.3 is 15.4 Å². The van der Waals surface area contributed by atoms with Gasteiger partial charge in [-0.25, -0.2) is 4.79 Å². The lowest BCUT2D eigenvalue weighted by atomic mass is 10.1. The average Bonchev–Trinajstić information content (AvgIpc) is 2.66. The molecule has 3 rings (SSSR count). The van der Waals surface area contributed by atoms with Crippen LogP contribution in [0.3, 0.4) is 0 Å². The van der Waals surface area contributed by atoms with Crippen LogP contribution in [0.1, 0.15) is 0 Å². The molecular formula is C19H17ClN4O2. The highest BCUT2D eigenvalue weighted by Gasteiger charge is 2.03. The first-order valence-electron chi connectivity index (χ1n) is 8.03. The van der Waals surface area contributed by atoms with Gasteiger partial charge in [-0.3, -0.25) is 0 Å². The van der Waals surface area contributed by atoms with Gasteiger partial charge in [-0.2, -0.15) is 0 Å². The lowest BCUT2D eigenvalue weighted by molar-refractivity contribution is 0.246. The Morgan fingerprint density at radius 2 is 1.85 bits per heavy atom. The summed E-state index contributed by atoms with van der Waals surface area (Å²) in [5, 5.41) is 14.1. The zero-order valence-electron chi connectivity index (χ0n) is 13.9. The zero-order valence-corrected chi connectivity index (χ0v) is 14.6. The van der Waals surface area contributed by atoms with E-state index >= 15 is 0 Å². The summed E-state index contributed by atoms with van der Waals surface area (Å²) in [6.45, 7) is 0.608. The Balaban J connectivity index is 1.41. The third-order valence-electron chi connectivity index (χ3n) is 3.43. The van der Waals surface area contributed by atoms with Crippen LogP contribution in [0.4, 0.5) is 10.5 Å². The Kier molecular flexibility index (Phi) is 6.01. The number of hydrogen-bond donors (Lipinski definition) is 2. The first-order valence-corrected chi connectivity index (χ1v) is 8.41. The van der Waals surface area contributed by atoms with Gasteiger partial charge in [0.15, 0.2) is 0 Å². The largest absolute Gasteiger partial charge is 0.475 e. The van der Waals surface area contributed by atoms with Crippen molar-refractivity contribution in [3.8, 4) is 17.1 Å². The van der Waals surface area contributed by atoms with Crippen molar-refractivity contribution in [2.45, 2.75) is 0 Å². The molecule has 1 aromatic heterocycles. The molecule has 132 valence electrons. The molecule has 26 heavy (non-hydrogen) atoms. The van der Waals surface area contributed by atoms with Crippen LogP contribution >= 0.6 is 11.6 Å². The van der Waals surface area contributed by atoms with Gasteiger partial charge in [0.05, 0.1) is 12.2 Å². The van der Waals surface area contributed by atoms with Crippen LogP contribution in [0.15, 0.2) is 66.7 Å². The molecular weight excluding hydrogens is 352 g/mol. The molecule has 0 saturated carbocycles. The number of rotatable bonds is 6. The van der Waals surface area contributed by atoms with Crippen molar-refractivity contribution in [3.05, 3.63) is 71.8 Å². The molecule has 0 saturated heterocycles. The van der Waals surface area contributed by atoms with E-state index in [2.05, 4.69) is 20.8 Å². The third-order valence-corrected chi connectivity index (χ3v) is 3.66. The number of anilines is 1. The second-order valence-corrected chi connectivity index (χ2v) is 5.80. The van der Waals surface area contributed by atoms with Crippen LogP contribution < -0.4 is 15.4 Å². The number of carbonyl (C=O) groups excluding carboxylic acids is 1. The predicted molar refractivity (Wildman–Crippen MR) is 101 cm³/mol. The van der Waals surface area contributed by atoms with Crippen molar-refractivity contribution < 1.29 is 9.53 Å². The topological polar surface area (TPSA) is 76.1 Å². The molecule has 6 nitrogen and oxygen atoms in total. The van der Waals surface area contributed by atoms with E-state index in [1.807, 2.05) is 36.4 Å². The molecule has 0 atom stereocenters. The summed E-state index contributed by atoms with van der Waals surface area (Å²) in [6, 6.07) is 20.0. The molecule has 0 unspecified atom stereocenters. The number of carbonyl (C=O) groups is 1. The summed E-state index contributed by atoms with van der Waals surface area (Å²) in [5.74, 6) is 0.404. The lowest BCUT2D eigenvalue weighted by Gasteiger charge is -2.09. The molecule has 0 aliphatic rings. The van der Waals surface area contributed by atoms with E-state index in [0.29, 0.717) is 23.1 Å². The van der Waals surface area contributed by atoms with E-state index < -0.39 is 0 Å². The standard InChI is InChI=1S/C19H17ClN4O2/c20-15-7-4-8-16(13-15)22-19(25)21-11-12-26-18-10-9-17(23-24-18)14-5-2-1-3-6-14/h1-10,13H,11-12H2,(H2,21,22,25). The average molecular weight is 369 g/mol. The van der Waals surface area contributed by atoms with E-state index in [1.165, 1.54) is 0 Å². The molecule has 0 radical (unpaired) electrons. The minimum absolute atomic E-state index is 0.280. The molecule has 0 bridgehead atoms. The molecule has 3 aromatic rings. The highest BCUT2D eigenvalue weighted by molar-refractivity contribution is 6.30. The van der Waals surface area contributed by atoms with Crippen molar-refractivity contribution in [1.29, 1.82) is 0 Å². The minimum atomic E-state index is -0.332.